The Bertz CT molecular complexity index is 992. The molecule has 98 valence electrons. The fraction of sp³-hybridized carbons (Fsp3) is 0.0714. The van der Waals surface area contributed by atoms with E-state index < -0.39 is 0 Å². The number of hydrogen-bond acceptors (Lipinski definition) is 3. The van der Waals surface area contributed by atoms with Gasteiger partial charge in [0.05, 0.1) is 22.9 Å². The molecule has 4 aromatic rings. The van der Waals surface area contributed by atoms with Crippen LogP contribution in [-0.2, 0) is 7.05 Å². The Morgan fingerprint density at radius 1 is 1.25 bits per heavy atom. The molecule has 0 spiro atoms. The van der Waals surface area contributed by atoms with E-state index in [1.807, 2.05) is 31.3 Å². The van der Waals surface area contributed by atoms with Gasteiger partial charge in [0.2, 0.25) is 0 Å². The number of nitrogens with zero attached hydrogens (tertiary/aromatic N) is 4. The van der Waals surface area contributed by atoms with Gasteiger partial charge < -0.3 is 4.98 Å². The number of hydrogen-bond donors (Lipinski definition) is 1. The summed E-state index contributed by atoms with van der Waals surface area (Å²) in [4.78, 5) is 19.2. The summed E-state index contributed by atoms with van der Waals surface area (Å²) in [7, 11) is 1.89. The summed E-state index contributed by atoms with van der Waals surface area (Å²) in [6, 6.07) is 9.42. The monoisotopic (exact) mass is 265 g/mol. The first-order valence-electron chi connectivity index (χ1n) is 6.22. The number of pyridine rings is 1. The highest BCUT2D eigenvalue weighted by Gasteiger charge is 2.10. The van der Waals surface area contributed by atoms with Crippen LogP contribution in [0.15, 0.2) is 47.5 Å². The second kappa shape index (κ2) is 3.80. The fourth-order valence-corrected chi connectivity index (χ4v) is 2.47. The molecule has 0 bridgehead atoms. The minimum Gasteiger partial charge on any atom is -0.304 e. The molecule has 0 atom stereocenters. The summed E-state index contributed by atoms with van der Waals surface area (Å²) in [5.41, 5.74) is 2.96. The molecule has 0 saturated carbocycles. The first-order chi connectivity index (χ1) is 9.74. The summed E-state index contributed by atoms with van der Waals surface area (Å²) in [6.45, 7) is 0. The minimum atomic E-state index is -0.193. The molecule has 0 fully saturated rings. The lowest BCUT2D eigenvalue weighted by Gasteiger charge is -2.03. The Labute approximate surface area is 113 Å². The molecule has 0 unspecified atom stereocenters. The molecule has 0 amide bonds. The predicted octanol–water partition coefficient (Wildman–Crippen LogP) is 1.60. The third-order valence-electron chi connectivity index (χ3n) is 3.43. The third-order valence-corrected chi connectivity index (χ3v) is 3.43. The topological polar surface area (TPSA) is 68.5 Å². The zero-order chi connectivity index (χ0) is 13.7. The maximum Gasteiger partial charge on any atom is 0.332 e. The average Bonchev–Trinajstić information content (AvgIpc) is 2.98. The van der Waals surface area contributed by atoms with E-state index in [0.717, 1.165) is 22.1 Å². The zero-order valence-electron chi connectivity index (χ0n) is 10.7. The number of H-pyrrole nitrogens is 1. The van der Waals surface area contributed by atoms with Crippen molar-refractivity contribution < 1.29 is 0 Å². The van der Waals surface area contributed by atoms with Crippen LogP contribution in [0.4, 0.5) is 0 Å². The first kappa shape index (κ1) is 11.0. The van der Waals surface area contributed by atoms with Crippen LogP contribution in [0.3, 0.4) is 0 Å². The van der Waals surface area contributed by atoms with Crippen molar-refractivity contribution in [1.29, 1.82) is 0 Å². The first-order valence-corrected chi connectivity index (χ1v) is 6.22. The maximum absolute atomic E-state index is 12.1. The number of aromatic nitrogens is 5. The van der Waals surface area contributed by atoms with Crippen LogP contribution < -0.4 is 5.69 Å². The van der Waals surface area contributed by atoms with Gasteiger partial charge in [-0.3, -0.25) is 4.68 Å². The van der Waals surface area contributed by atoms with E-state index in [0.29, 0.717) is 5.65 Å². The molecule has 0 saturated heterocycles. The van der Waals surface area contributed by atoms with E-state index >= 15 is 0 Å². The van der Waals surface area contributed by atoms with Gasteiger partial charge >= 0.3 is 5.69 Å². The van der Waals surface area contributed by atoms with E-state index in [1.165, 1.54) is 0 Å². The Hall–Kier alpha value is -2.89. The van der Waals surface area contributed by atoms with Gasteiger partial charge in [0, 0.05) is 18.6 Å². The Morgan fingerprint density at radius 3 is 3.05 bits per heavy atom. The summed E-state index contributed by atoms with van der Waals surface area (Å²) in [5, 5.41) is 5.20. The van der Waals surface area contributed by atoms with Crippen molar-refractivity contribution in [2.24, 2.45) is 7.05 Å². The van der Waals surface area contributed by atoms with E-state index in [1.54, 1.807) is 27.7 Å². The van der Waals surface area contributed by atoms with Crippen molar-refractivity contribution in [3.8, 4) is 5.69 Å². The van der Waals surface area contributed by atoms with Crippen LogP contribution in [0.2, 0.25) is 0 Å². The largest absolute Gasteiger partial charge is 0.332 e. The van der Waals surface area contributed by atoms with Gasteiger partial charge in [-0.15, -0.1) is 0 Å². The molecule has 0 aliphatic carbocycles. The number of fused-ring (bicyclic) bond motifs is 2. The molecule has 3 heterocycles. The highest BCUT2D eigenvalue weighted by molar-refractivity contribution is 5.82. The molecule has 6 heteroatoms. The number of rotatable bonds is 1. The lowest BCUT2D eigenvalue weighted by molar-refractivity contribution is 0.797. The SMILES string of the molecule is Cn1ncc2cc(-n3c(=O)[nH]c4cccnc43)ccc21. The van der Waals surface area contributed by atoms with Crippen LogP contribution in [0, 0.1) is 0 Å². The third kappa shape index (κ3) is 1.41. The molecule has 1 aromatic carbocycles. The second-order valence-corrected chi connectivity index (χ2v) is 4.65. The Kier molecular flexibility index (Phi) is 2.09. The fourth-order valence-electron chi connectivity index (χ4n) is 2.47. The molecule has 0 aliphatic heterocycles. The van der Waals surface area contributed by atoms with Crippen molar-refractivity contribution in [2.75, 3.05) is 0 Å². The highest BCUT2D eigenvalue weighted by atomic mass is 16.1. The average molecular weight is 265 g/mol. The van der Waals surface area contributed by atoms with Gasteiger partial charge in [-0.1, -0.05) is 0 Å². The van der Waals surface area contributed by atoms with E-state index in [2.05, 4.69) is 15.1 Å². The van der Waals surface area contributed by atoms with Crippen LogP contribution in [0.25, 0.3) is 27.8 Å². The number of imidazole rings is 1. The van der Waals surface area contributed by atoms with Crippen molar-refractivity contribution in [1.82, 2.24) is 24.3 Å². The minimum absolute atomic E-state index is 0.193. The summed E-state index contributed by atoms with van der Waals surface area (Å²) in [5.74, 6) is 0. The highest BCUT2D eigenvalue weighted by Crippen LogP contribution is 2.19. The second-order valence-electron chi connectivity index (χ2n) is 4.65. The molecule has 0 aliphatic rings. The summed E-state index contributed by atoms with van der Waals surface area (Å²) >= 11 is 0. The van der Waals surface area contributed by atoms with E-state index in [9.17, 15) is 4.79 Å². The van der Waals surface area contributed by atoms with E-state index in [4.69, 9.17) is 0 Å². The van der Waals surface area contributed by atoms with Crippen molar-refractivity contribution in [3.63, 3.8) is 0 Å². The van der Waals surface area contributed by atoms with Crippen LogP contribution in [-0.4, -0.2) is 24.3 Å². The van der Waals surface area contributed by atoms with Gasteiger partial charge in [-0.05, 0) is 30.3 Å². The van der Waals surface area contributed by atoms with Crippen molar-refractivity contribution in [2.45, 2.75) is 0 Å². The number of benzene rings is 1. The Balaban J connectivity index is 2.05. The summed E-state index contributed by atoms with van der Waals surface area (Å²) < 4.78 is 3.37. The molecule has 20 heavy (non-hydrogen) atoms. The molecule has 3 aromatic heterocycles. The molecule has 0 radical (unpaired) electrons. The molecular weight excluding hydrogens is 254 g/mol. The van der Waals surface area contributed by atoms with Gasteiger partial charge in [0.15, 0.2) is 5.65 Å². The normalized spacial score (nSPS) is 11.4. The number of aromatic amines is 1. The van der Waals surface area contributed by atoms with Crippen molar-refractivity contribution in [3.05, 3.63) is 53.2 Å². The standard InChI is InChI=1S/C14H11N5O/c1-18-12-5-4-10(7-9(12)8-16-18)19-13-11(17-14(19)20)3-2-6-15-13/h2-8H,1H3,(H,17,20). The van der Waals surface area contributed by atoms with Gasteiger partial charge in [0.25, 0.3) is 0 Å². The van der Waals surface area contributed by atoms with Crippen molar-refractivity contribution >= 4 is 22.1 Å². The number of nitrogens with one attached hydrogen (secondary N) is 1. The molecular formula is C14H11N5O. The molecule has 6 nitrogen and oxygen atoms in total. The predicted molar refractivity (Wildman–Crippen MR) is 76.0 cm³/mol. The number of aryl methyl sites for hydroxylation is 1. The van der Waals surface area contributed by atoms with Crippen LogP contribution in [0.5, 0.6) is 0 Å². The van der Waals surface area contributed by atoms with E-state index in [-0.39, 0.29) is 5.69 Å². The quantitative estimate of drug-likeness (QED) is 0.568. The lowest BCUT2D eigenvalue weighted by atomic mass is 10.2. The Morgan fingerprint density at radius 2 is 2.15 bits per heavy atom. The van der Waals surface area contributed by atoms with Gasteiger partial charge in [0.1, 0.15) is 0 Å². The molecule has 1 N–H and O–H groups in total. The maximum atomic E-state index is 12.1. The smallest absolute Gasteiger partial charge is 0.304 e. The van der Waals surface area contributed by atoms with Crippen LogP contribution in [0.1, 0.15) is 0 Å². The van der Waals surface area contributed by atoms with Crippen LogP contribution >= 0.6 is 0 Å². The lowest BCUT2D eigenvalue weighted by Crippen LogP contribution is -2.14. The van der Waals surface area contributed by atoms with Gasteiger partial charge in [-0.25, -0.2) is 14.3 Å². The molecule has 4 rings (SSSR count). The van der Waals surface area contributed by atoms with Gasteiger partial charge in [-0.2, -0.15) is 5.10 Å². The summed E-state index contributed by atoms with van der Waals surface area (Å²) in [6.07, 6.45) is 3.46. The zero-order valence-corrected chi connectivity index (χ0v) is 10.7.